The summed E-state index contributed by atoms with van der Waals surface area (Å²) in [6.07, 6.45) is 0. The van der Waals surface area contributed by atoms with Gasteiger partial charge in [-0.1, -0.05) is 48.0 Å². The number of anilines is 1. The molecule has 0 unspecified atom stereocenters. The number of rotatable bonds is 5. The van der Waals surface area contributed by atoms with Crippen LogP contribution in [0.5, 0.6) is 0 Å². The number of benzene rings is 2. The smallest absolute Gasteiger partial charge is 0.361 e. The quantitative estimate of drug-likeness (QED) is 0.652. The van der Waals surface area contributed by atoms with Crippen molar-refractivity contribution in [3.05, 3.63) is 64.7 Å². The first-order chi connectivity index (χ1) is 11.7. The Kier molecular flexibility index (Phi) is 5.49. The molecular weight excluding hydrogens is 342 g/mol. The molecule has 0 aromatic heterocycles. The lowest BCUT2D eigenvalue weighted by Gasteiger charge is -2.31. The Balaban J connectivity index is 2.78. The maximum absolute atomic E-state index is 12.4. The first-order valence-electron chi connectivity index (χ1n) is 7.64. The number of carbonyl (C=O) groups is 1. The fraction of sp³-hybridized carbons (Fsp3) is 0.278. The molecule has 0 aliphatic rings. The van der Waals surface area contributed by atoms with E-state index in [0.717, 1.165) is 9.87 Å². The van der Waals surface area contributed by atoms with Crippen LogP contribution in [0.4, 0.5) is 5.69 Å². The third-order valence-electron chi connectivity index (χ3n) is 3.88. The van der Waals surface area contributed by atoms with Gasteiger partial charge in [0.25, 0.3) is 0 Å². The van der Waals surface area contributed by atoms with E-state index >= 15 is 0 Å². The van der Waals surface area contributed by atoms with E-state index in [2.05, 4.69) is 0 Å². The molecule has 25 heavy (non-hydrogen) atoms. The van der Waals surface area contributed by atoms with E-state index < -0.39 is 22.3 Å². The molecule has 0 saturated carbocycles. The van der Waals surface area contributed by atoms with E-state index in [1.807, 2.05) is 6.92 Å². The zero-order valence-corrected chi connectivity index (χ0v) is 15.4. The molecule has 2 aromatic carbocycles. The maximum atomic E-state index is 12.4. The second-order valence-corrected chi connectivity index (χ2v) is 7.15. The fourth-order valence-corrected chi connectivity index (χ4v) is 4.00. The van der Waals surface area contributed by atoms with Crippen molar-refractivity contribution in [2.45, 2.75) is 26.8 Å². The Morgan fingerprint density at radius 1 is 1.08 bits per heavy atom. The summed E-state index contributed by atoms with van der Waals surface area (Å²) >= 11 is 0. The molecule has 2 aromatic rings. The van der Waals surface area contributed by atoms with Gasteiger partial charge in [-0.3, -0.25) is 4.55 Å². The topological polar surface area (TPSA) is 83.9 Å². The lowest BCUT2D eigenvalue weighted by Crippen LogP contribution is -2.40. The van der Waals surface area contributed by atoms with Crippen molar-refractivity contribution in [1.29, 1.82) is 0 Å². The first kappa shape index (κ1) is 19.0. The molecule has 6 nitrogen and oxygen atoms in total. The number of aryl methyl sites for hydroxylation is 3. The average molecular weight is 363 g/mol. The van der Waals surface area contributed by atoms with E-state index in [9.17, 15) is 17.8 Å². The number of hydrogen-bond acceptors (Lipinski definition) is 4. The van der Waals surface area contributed by atoms with Crippen LogP contribution in [0.3, 0.4) is 0 Å². The highest BCUT2D eigenvalue weighted by Crippen LogP contribution is 2.36. The molecule has 0 amide bonds. The fourth-order valence-electron chi connectivity index (χ4n) is 3.01. The zero-order chi connectivity index (χ0) is 18.8. The standard InChI is InChI=1S/C18H21NO5S/c1-12-10-13(2)16(14(3)11-12)19(25(21,22)23)17(18(20)24-4)15-8-6-5-7-9-15/h5-11,17H,1-4H3,(H,21,22,23)/t17-/m0/s1. The van der Waals surface area contributed by atoms with Gasteiger partial charge in [0.15, 0.2) is 6.04 Å². The van der Waals surface area contributed by atoms with Gasteiger partial charge in [-0.2, -0.15) is 8.42 Å². The van der Waals surface area contributed by atoms with Crippen LogP contribution in [0, 0.1) is 20.8 Å². The molecule has 0 spiro atoms. The Hall–Kier alpha value is -2.38. The summed E-state index contributed by atoms with van der Waals surface area (Å²) in [7, 11) is -3.57. The minimum Gasteiger partial charge on any atom is -0.467 e. The van der Waals surface area contributed by atoms with Crippen molar-refractivity contribution in [3.8, 4) is 0 Å². The lowest BCUT2D eigenvalue weighted by molar-refractivity contribution is -0.142. The largest absolute Gasteiger partial charge is 0.467 e. The summed E-state index contributed by atoms with van der Waals surface area (Å²) < 4.78 is 39.9. The molecule has 7 heteroatoms. The molecule has 0 aliphatic carbocycles. The molecule has 134 valence electrons. The molecule has 1 N–H and O–H groups in total. The van der Waals surface area contributed by atoms with Crippen LogP contribution in [-0.4, -0.2) is 26.0 Å². The Labute approximate surface area is 147 Å². The van der Waals surface area contributed by atoms with Gasteiger partial charge in [-0.15, -0.1) is 0 Å². The minimum absolute atomic E-state index is 0.257. The first-order valence-corrected chi connectivity index (χ1v) is 9.04. The molecule has 1 atom stereocenters. The highest BCUT2D eigenvalue weighted by Gasteiger charge is 2.37. The van der Waals surface area contributed by atoms with E-state index in [0.29, 0.717) is 16.7 Å². The van der Waals surface area contributed by atoms with Crippen molar-refractivity contribution < 1.29 is 22.5 Å². The average Bonchev–Trinajstić information content (AvgIpc) is 2.52. The SMILES string of the molecule is COC(=O)[C@H](c1ccccc1)N(c1c(C)cc(C)cc1C)S(=O)(=O)O. The number of nitrogens with zero attached hydrogens (tertiary/aromatic N) is 1. The Bertz CT molecular complexity index is 855. The minimum atomic E-state index is -4.75. The van der Waals surface area contributed by atoms with Crippen molar-refractivity contribution >= 4 is 22.0 Å². The third kappa shape index (κ3) is 4.00. The van der Waals surface area contributed by atoms with Gasteiger partial charge in [0, 0.05) is 0 Å². The lowest BCUT2D eigenvalue weighted by atomic mass is 10.0. The molecule has 0 heterocycles. The second-order valence-electron chi connectivity index (χ2n) is 5.86. The summed E-state index contributed by atoms with van der Waals surface area (Å²) in [5, 5.41) is 0. The molecule has 0 bridgehead atoms. The Morgan fingerprint density at radius 3 is 2.04 bits per heavy atom. The summed E-state index contributed by atoms with van der Waals surface area (Å²) in [6.45, 7) is 5.34. The monoisotopic (exact) mass is 363 g/mol. The summed E-state index contributed by atoms with van der Waals surface area (Å²) in [6, 6.07) is 10.6. The number of ether oxygens (including phenoxy) is 1. The van der Waals surface area contributed by atoms with E-state index in [4.69, 9.17) is 4.74 Å². The summed E-state index contributed by atoms with van der Waals surface area (Å²) in [5.74, 6) is -0.789. The highest BCUT2D eigenvalue weighted by atomic mass is 32.2. The van der Waals surface area contributed by atoms with Crippen molar-refractivity contribution in [1.82, 2.24) is 0 Å². The van der Waals surface area contributed by atoms with E-state index in [1.165, 1.54) is 7.11 Å². The van der Waals surface area contributed by atoms with Crippen LogP contribution >= 0.6 is 0 Å². The van der Waals surface area contributed by atoms with Gasteiger partial charge in [0.2, 0.25) is 0 Å². The molecule has 0 aliphatic heterocycles. The molecule has 0 radical (unpaired) electrons. The Morgan fingerprint density at radius 2 is 1.60 bits per heavy atom. The summed E-state index contributed by atoms with van der Waals surface area (Å²) in [5.41, 5.74) is 2.85. The molecular formula is C18H21NO5S. The second kappa shape index (κ2) is 7.25. The van der Waals surface area contributed by atoms with Crippen LogP contribution in [0.15, 0.2) is 42.5 Å². The van der Waals surface area contributed by atoms with Gasteiger partial charge < -0.3 is 4.74 Å². The van der Waals surface area contributed by atoms with Crippen molar-refractivity contribution in [3.63, 3.8) is 0 Å². The van der Waals surface area contributed by atoms with Crippen molar-refractivity contribution in [2.24, 2.45) is 0 Å². The molecule has 0 fully saturated rings. The van der Waals surface area contributed by atoms with E-state index in [1.54, 1.807) is 56.3 Å². The summed E-state index contributed by atoms with van der Waals surface area (Å²) in [4.78, 5) is 12.4. The van der Waals surface area contributed by atoms with Gasteiger partial charge in [-0.05, 0) is 37.5 Å². The molecule has 0 saturated heterocycles. The predicted octanol–water partition coefficient (Wildman–Crippen LogP) is 3.14. The van der Waals surface area contributed by atoms with Crippen LogP contribution in [0.2, 0.25) is 0 Å². The van der Waals surface area contributed by atoms with Gasteiger partial charge >= 0.3 is 16.3 Å². The number of hydrogen-bond donors (Lipinski definition) is 1. The van der Waals surface area contributed by atoms with Gasteiger partial charge in [-0.25, -0.2) is 9.10 Å². The van der Waals surface area contributed by atoms with Crippen LogP contribution in [0.1, 0.15) is 28.3 Å². The van der Waals surface area contributed by atoms with Crippen LogP contribution in [-0.2, 0) is 19.8 Å². The maximum Gasteiger partial charge on any atom is 0.361 e. The van der Waals surface area contributed by atoms with Crippen molar-refractivity contribution in [2.75, 3.05) is 11.4 Å². The van der Waals surface area contributed by atoms with Gasteiger partial charge in [0.1, 0.15) is 0 Å². The predicted molar refractivity (Wildman–Crippen MR) is 95.9 cm³/mol. The van der Waals surface area contributed by atoms with Gasteiger partial charge in [0.05, 0.1) is 12.8 Å². The molecule has 2 rings (SSSR count). The number of methoxy groups -OCH3 is 1. The zero-order valence-electron chi connectivity index (χ0n) is 14.6. The number of esters is 1. The number of carbonyl (C=O) groups excluding carboxylic acids is 1. The normalized spacial score (nSPS) is 12.5. The highest BCUT2D eigenvalue weighted by molar-refractivity contribution is 7.87. The third-order valence-corrected chi connectivity index (χ3v) is 4.77. The van der Waals surface area contributed by atoms with E-state index in [-0.39, 0.29) is 5.69 Å². The van der Waals surface area contributed by atoms with Crippen LogP contribution < -0.4 is 4.31 Å². The van der Waals surface area contributed by atoms with Crippen LogP contribution in [0.25, 0.3) is 0 Å².